The van der Waals surface area contributed by atoms with Gasteiger partial charge < -0.3 is 4.74 Å². The van der Waals surface area contributed by atoms with Crippen molar-refractivity contribution in [2.75, 3.05) is 0 Å². The molecule has 0 unspecified atom stereocenters. The molecular formula is C15H16O3. The molecule has 1 fully saturated rings. The minimum atomic E-state index is -0.121. The van der Waals surface area contributed by atoms with Gasteiger partial charge in [-0.15, -0.1) is 0 Å². The molecule has 18 heavy (non-hydrogen) atoms. The van der Waals surface area contributed by atoms with Gasteiger partial charge in [0.25, 0.3) is 0 Å². The van der Waals surface area contributed by atoms with Gasteiger partial charge in [-0.25, -0.2) is 0 Å². The van der Waals surface area contributed by atoms with Gasteiger partial charge in [-0.1, -0.05) is 18.6 Å². The smallest absolute Gasteiger partial charge is 0.309 e. The second-order valence-corrected chi connectivity index (χ2v) is 5.47. The minimum Gasteiger partial charge on any atom is -0.461 e. The van der Waals surface area contributed by atoms with Gasteiger partial charge in [0.2, 0.25) is 0 Å². The number of carbonyl (C=O) groups is 2. The molecule has 0 spiro atoms. The fourth-order valence-corrected chi connectivity index (χ4v) is 3.17. The first-order chi connectivity index (χ1) is 8.49. The molecule has 94 valence electrons. The Labute approximate surface area is 106 Å². The number of rotatable bonds is 0. The van der Waals surface area contributed by atoms with Crippen molar-refractivity contribution in [2.24, 2.45) is 11.8 Å². The fourth-order valence-electron chi connectivity index (χ4n) is 3.17. The zero-order chi connectivity index (χ0) is 13.0. The SMILES string of the molecule is CC1=CC(=O)C2=C(C)C[C@@H]3OC(=O)[C@@H](C)[C@H]3C=C12. The molecule has 3 aliphatic rings. The summed E-state index contributed by atoms with van der Waals surface area (Å²) in [5, 5.41) is 0. The molecule has 0 aromatic heterocycles. The molecule has 1 saturated heterocycles. The Bertz CT molecular complexity index is 548. The van der Waals surface area contributed by atoms with E-state index in [0.29, 0.717) is 6.42 Å². The van der Waals surface area contributed by atoms with Crippen LogP contribution in [0.25, 0.3) is 0 Å². The number of esters is 1. The molecule has 0 bridgehead atoms. The number of hydrogen-bond acceptors (Lipinski definition) is 3. The number of ether oxygens (including phenoxy) is 1. The largest absolute Gasteiger partial charge is 0.461 e. The Morgan fingerprint density at radius 2 is 2.00 bits per heavy atom. The topological polar surface area (TPSA) is 43.4 Å². The van der Waals surface area contributed by atoms with Gasteiger partial charge in [0, 0.05) is 17.9 Å². The molecule has 3 nitrogen and oxygen atoms in total. The van der Waals surface area contributed by atoms with E-state index in [2.05, 4.69) is 6.08 Å². The number of hydrogen-bond donors (Lipinski definition) is 0. The highest BCUT2D eigenvalue weighted by Crippen LogP contribution is 2.42. The molecule has 1 aliphatic heterocycles. The van der Waals surface area contributed by atoms with Crippen LogP contribution in [0.3, 0.4) is 0 Å². The average Bonchev–Trinajstić information content (AvgIpc) is 2.65. The molecule has 0 aromatic carbocycles. The molecule has 3 rings (SSSR count). The fraction of sp³-hybridized carbons (Fsp3) is 0.467. The molecule has 0 saturated carbocycles. The lowest BCUT2D eigenvalue weighted by molar-refractivity contribution is -0.143. The summed E-state index contributed by atoms with van der Waals surface area (Å²) in [6.45, 7) is 5.82. The highest BCUT2D eigenvalue weighted by Gasteiger charge is 2.43. The predicted molar refractivity (Wildman–Crippen MR) is 66.7 cm³/mol. The molecule has 0 aromatic rings. The van der Waals surface area contributed by atoms with Crippen molar-refractivity contribution < 1.29 is 14.3 Å². The van der Waals surface area contributed by atoms with Crippen molar-refractivity contribution in [1.29, 1.82) is 0 Å². The second-order valence-electron chi connectivity index (χ2n) is 5.47. The standard InChI is InChI=1S/C15H16O3/c1-7-4-12(16)14-8(2)5-13-11(6-10(7)14)9(3)15(17)18-13/h4,6,9,11,13H,5H2,1-3H3/t9-,11+,13-/m0/s1. The summed E-state index contributed by atoms with van der Waals surface area (Å²) in [5.41, 5.74) is 3.87. The van der Waals surface area contributed by atoms with Gasteiger partial charge in [-0.2, -0.15) is 0 Å². The molecule has 0 N–H and O–H groups in total. The van der Waals surface area contributed by atoms with Gasteiger partial charge in [0.05, 0.1) is 5.92 Å². The van der Waals surface area contributed by atoms with Gasteiger partial charge in [-0.3, -0.25) is 9.59 Å². The van der Waals surface area contributed by atoms with Crippen LogP contribution in [-0.2, 0) is 14.3 Å². The molecule has 1 heterocycles. The monoisotopic (exact) mass is 244 g/mol. The maximum Gasteiger partial charge on any atom is 0.309 e. The molecule has 0 amide bonds. The third-order valence-electron chi connectivity index (χ3n) is 4.23. The van der Waals surface area contributed by atoms with E-state index in [0.717, 1.165) is 22.3 Å². The van der Waals surface area contributed by atoms with E-state index in [1.807, 2.05) is 20.8 Å². The Balaban J connectivity index is 2.11. The molecule has 0 radical (unpaired) electrons. The summed E-state index contributed by atoms with van der Waals surface area (Å²) < 4.78 is 5.42. The first-order valence-electron chi connectivity index (χ1n) is 6.34. The number of carbonyl (C=O) groups excluding carboxylic acids is 2. The normalized spacial score (nSPS) is 34.7. The first kappa shape index (κ1) is 11.5. The molecule has 2 aliphatic carbocycles. The summed E-state index contributed by atoms with van der Waals surface area (Å²) in [6, 6.07) is 0. The maximum absolute atomic E-state index is 12.0. The summed E-state index contributed by atoms with van der Waals surface area (Å²) in [4.78, 5) is 23.6. The minimum absolute atomic E-state index is 0.0919. The summed E-state index contributed by atoms with van der Waals surface area (Å²) in [6.07, 6.45) is 4.33. The Morgan fingerprint density at radius 1 is 1.28 bits per heavy atom. The number of fused-ring (bicyclic) bond motifs is 2. The Morgan fingerprint density at radius 3 is 2.72 bits per heavy atom. The van der Waals surface area contributed by atoms with E-state index < -0.39 is 0 Å². The van der Waals surface area contributed by atoms with E-state index in [1.165, 1.54) is 0 Å². The van der Waals surface area contributed by atoms with Crippen molar-refractivity contribution in [3.05, 3.63) is 34.4 Å². The average molecular weight is 244 g/mol. The van der Waals surface area contributed by atoms with Gasteiger partial charge in [0.1, 0.15) is 6.10 Å². The number of allylic oxidation sites excluding steroid dienone is 4. The van der Waals surface area contributed by atoms with Crippen molar-refractivity contribution in [2.45, 2.75) is 33.3 Å². The molecule has 3 heteroatoms. The van der Waals surface area contributed by atoms with Crippen molar-refractivity contribution in [3.8, 4) is 0 Å². The van der Waals surface area contributed by atoms with Crippen LogP contribution < -0.4 is 0 Å². The van der Waals surface area contributed by atoms with E-state index in [1.54, 1.807) is 6.08 Å². The lowest BCUT2D eigenvalue weighted by Crippen LogP contribution is -2.17. The van der Waals surface area contributed by atoms with E-state index >= 15 is 0 Å². The van der Waals surface area contributed by atoms with E-state index in [9.17, 15) is 9.59 Å². The zero-order valence-electron chi connectivity index (χ0n) is 10.8. The first-order valence-corrected chi connectivity index (χ1v) is 6.34. The van der Waals surface area contributed by atoms with Crippen molar-refractivity contribution in [3.63, 3.8) is 0 Å². The second kappa shape index (κ2) is 3.67. The number of ketones is 1. The zero-order valence-corrected chi connectivity index (χ0v) is 10.8. The van der Waals surface area contributed by atoms with E-state index in [4.69, 9.17) is 4.74 Å². The highest BCUT2D eigenvalue weighted by molar-refractivity contribution is 6.13. The summed E-state index contributed by atoms with van der Waals surface area (Å²) >= 11 is 0. The highest BCUT2D eigenvalue weighted by atomic mass is 16.6. The lowest BCUT2D eigenvalue weighted by Gasteiger charge is -2.14. The Kier molecular flexibility index (Phi) is 2.34. The third-order valence-corrected chi connectivity index (χ3v) is 4.23. The van der Waals surface area contributed by atoms with Crippen molar-refractivity contribution in [1.82, 2.24) is 0 Å². The quantitative estimate of drug-likeness (QED) is 0.614. The third kappa shape index (κ3) is 1.43. The predicted octanol–water partition coefficient (Wildman–Crippen LogP) is 2.34. The summed E-state index contributed by atoms with van der Waals surface area (Å²) in [5.74, 6) is -0.0494. The maximum atomic E-state index is 12.0. The van der Waals surface area contributed by atoms with Crippen LogP contribution in [0.15, 0.2) is 34.4 Å². The van der Waals surface area contributed by atoms with Gasteiger partial charge in [0.15, 0.2) is 5.78 Å². The van der Waals surface area contributed by atoms with Crippen LogP contribution in [0.5, 0.6) is 0 Å². The van der Waals surface area contributed by atoms with Gasteiger partial charge in [-0.05, 0) is 31.1 Å². The van der Waals surface area contributed by atoms with Crippen molar-refractivity contribution >= 4 is 11.8 Å². The van der Waals surface area contributed by atoms with Crippen LogP contribution in [0.1, 0.15) is 27.2 Å². The lowest BCUT2D eigenvalue weighted by atomic mass is 9.89. The summed E-state index contributed by atoms with van der Waals surface area (Å²) in [7, 11) is 0. The van der Waals surface area contributed by atoms with Gasteiger partial charge >= 0.3 is 5.97 Å². The van der Waals surface area contributed by atoms with E-state index in [-0.39, 0.29) is 29.7 Å². The van der Waals surface area contributed by atoms with Crippen LogP contribution in [0.4, 0.5) is 0 Å². The molecule has 3 atom stereocenters. The van der Waals surface area contributed by atoms with Crippen LogP contribution in [0, 0.1) is 11.8 Å². The van der Waals surface area contributed by atoms with Crippen LogP contribution >= 0.6 is 0 Å². The molecular weight excluding hydrogens is 228 g/mol. The Hall–Kier alpha value is -1.64. The van der Waals surface area contributed by atoms with Crippen LogP contribution in [0.2, 0.25) is 0 Å². The van der Waals surface area contributed by atoms with Crippen LogP contribution in [-0.4, -0.2) is 17.9 Å².